The van der Waals surface area contributed by atoms with Crippen molar-refractivity contribution in [2.24, 2.45) is 0 Å². The molecule has 1 N–H and O–H groups in total. The smallest absolute Gasteiger partial charge is 0.264 e. The van der Waals surface area contributed by atoms with E-state index >= 15 is 0 Å². The van der Waals surface area contributed by atoms with Gasteiger partial charge in [0.1, 0.15) is 12.7 Å². The van der Waals surface area contributed by atoms with Gasteiger partial charge in [-0.1, -0.05) is 35.9 Å². The van der Waals surface area contributed by atoms with Crippen molar-refractivity contribution >= 4 is 38.9 Å². The van der Waals surface area contributed by atoms with Crippen LogP contribution >= 0.6 is 11.6 Å². The highest BCUT2D eigenvalue weighted by Gasteiger charge is 2.31. The molecule has 0 saturated carbocycles. The molecule has 166 valence electrons. The molecule has 4 aromatic rings. The molecule has 0 fully saturated rings. The van der Waals surface area contributed by atoms with Crippen molar-refractivity contribution in [3.63, 3.8) is 0 Å². The summed E-state index contributed by atoms with van der Waals surface area (Å²) in [6, 6.07) is 18.4. The van der Waals surface area contributed by atoms with E-state index in [-0.39, 0.29) is 10.5 Å². The van der Waals surface area contributed by atoms with Crippen LogP contribution in [-0.2, 0) is 16.4 Å². The number of anilines is 2. The third kappa shape index (κ3) is 3.96. The Morgan fingerprint density at radius 1 is 1.00 bits per heavy atom. The van der Waals surface area contributed by atoms with Crippen LogP contribution in [0.15, 0.2) is 84.3 Å². The van der Waals surface area contributed by atoms with Gasteiger partial charge in [-0.3, -0.25) is 9.10 Å². The number of aromatic nitrogens is 3. The van der Waals surface area contributed by atoms with Crippen LogP contribution in [0.2, 0.25) is 5.02 Å². The van der Waals surface area contributed by atoms with Gasteiger partial charge in [-0.25, -0.2) is 18.1 Å². The van der Waals surface area contributed by atoms with E-state index in [1.165, 1.54) is 33.8 Å². The second kappa shape index (κ2) is 8.34. The van der Waals surface area contributed by atoms with E-state index < -0.39 is 15.9 Å². The molecule has 0 unspecified atom stereocenters. The Kier molecular flexibility index (Phi) is 5.35. The number of nitrogens with one attached hydrogen (secondary N) is 1. The minimum absolute atomic E-state index is 0.0504. The van der Waals surface area contributed by atoms with Crippen molar-refractivity contribution in [3.8, 4) is 5.69 Å². The Morgan fingerprint density at radius 2 is 1.85 bits per heavy atom. The first-order chi connectivity index (χ1) is 15.9. The first kappa shape index (κ1) is 21.2. The normalized spacial score (nSPS) is 13.1. The number of para-hydroxylation sites is 1. The molecule has 1 aliphatic rings. The zero-order chi connectivity index (χ0) is 23.0. The van der Waals surface area contributed by atoms with E-state index in [9.17, 15) is 13.2 Å². The lowest BCUT2D eigenvalue weighted by molar-refractivity contribution is 0.102. The van der Waals surface area contributed by atoms with Crippen LogP contribution in [-0.4, -0.2) is 35.6 Å². The van der Waals surface area contributed by atoms with Crippen LogP contribution in [0.4, 0.5) is 11.4 Å². The van der Waals surface area contributed by atoms with Crippen LogP contribution in [0, 0.1) is 0 Å². The lowest BCUT2D eigenvalue weighted by atomic mass is 10.2. The minimum Gasteiger partial charge on any atom is -0.320 e. The molecule has 1 aliphatic heterocycles. The zero-order valence-corrected chi connectivity index (χ0v) is 18.8. The van der Waals surface area contributed by atoms with E-state index in [0.29, 0.717) is 35.1 Å². The molecule has 5 rings (SSSR count). The average Bonchev–Trinajstić information content (AvgIpc) is 3.50. The molecule has 0 atom stereocenters. The number of benzene rings is 3. The van der Waals surface area contributed by atoms with E-state index in [2.05, 4.69) is 15.4 Å². The number of hydrogen-bond acceptors (Lipinski definition) is 5. The Bertz CT molecular complexity index is 1450. The third-order valence-electron chi connectivity index (χ3n) is 5.40. The van der Waals surface area contributed by atoms with Gasteiger partial charge in [-0.15, -0.1) is 0 Å². The number of sulfonamides is 1. The molecule has 1 amide bonds. The predicted molar refractivity (Wildman–Crippen MR) is 125 cm³/mol. The average molecular weight is 480 g/mol. The molecular formula is C23H18ClN5O3S. The maximum Gasteiger partial charge on any atom is 0.264 e. The van der Waals surface area contributed by atoms with E-state index in [1.807, 2.05) is 18.2 Å². The van der Waals surface area contributed by atoms with Gasteiger partial charge in [0, 0.05) is 17.1 Å². The van der Waals surface area contributed by atoms with Gasteiger partial charge in [-0.2, -0.15) is 5.10 Å². The van der Waals surface area contributed by atoms with E-state index in [0.717, 1.165) is 5.56 Å². The molecule has 0 aliphatic carbocycles. The van der Waals surface area contributed by atoms with Gasteiger partial charge < -0.3 is 5.32 Å². The largest absolute Gasteiger partial charge is 0.320 e. The van der Waals surface area contributed by atoms with Crippen molar-refractivity contribution < 1.29 is 13.2 Å². The lowest BCUT2D eigenvalue weighted by Gasteiger charge is -2.20. The molecule has 8 nitrogen and oxygen atoms in total. The molecule has 0 saturated heterocycles. The maximum atomic E-state index is 13.3. The fourth-order valence-electron chi connectivity index (χ4n) is 3.82. The molecule has 33 heavy (non-hydrogen) atoms. The number of rotatable bonds is 5. The van der Waals surface area contributed by atoms with Crippen LogP contribution in [0.1, 0.15) is 15.9 Å². The highest BCUT2D eigenvalue weighted by Crippen LogP contribution is 2.33. The summed E-state index contributed by atoms with van der Waals surface area (Å²) in [6.45, 7) is 0.363. The number of halogens is 1. The van der Waals surface area contributed by atoms with Crippen molar-refractivity contribution in [1.29, 1.82) is 0 Å². The fraction of sp³-hybridized carbons (Fsp3) is 0.0870. The van der Waals surface area contributed by atoms with Crippen molar-refractivity contribution in [2.75, 3.05) is 16.2 Å². The second-order valence-corrected chi connectivity index (χ2v) is 9.74. The first-order valence-corrected chi connectivity index (χ1v) is 11.9. The topological polar surface area (TPSA) is 97.2 Å². The number of fused-ring (bicyclic) bond motifs is 1. The van der Waals surface area contributed by atoms with Crippen LogP contribution in [0.5, 0.6) is 0 Å². The quantitative estimate of drug-likeness (QED) is 0.468. The maximum absolute atomic E-state index is 13.3. The van der Waals surface area contributed by atoms with Crippen LogP contribution in [0.25, 0.3) is 5.69 Å². The summed E-state index contributed by atoms with van der Waals surface area (Å²) < 4.78 is 29.6. The standard InChI is InChI=1S/C23H18ClN5O3S/c24-18-8-9-22(28-15-25-14-26-28)20(13-18)27-23(30)17-5-3-6-19(12-17)33(31,32)29-11-10-16-4-1-2-7-21(16)29/h1-9,12-15H,10-11H2,(H,27,30). The molecular weight excluding hydrogens is 462 g/mol. The molecule has 10 heteroatoms. The Morgan fingerprint density at radius 3 is 2.67 bits per heavy atom. The highest BCUT2D eigenvalue weighted by atomic mass is 35.5. The Labute approximate surface area is 195 Å². The highest BCUT2D eigenvalue weighted by molar-refractivity contribution is 7.92. The number of carbonyl (C=O) groups excluding carboxylic acids is 1. The van der Waals surface area contributed by atoms with Crippen LogP contribution < -0.4 is 9.62 Å². The summed E-state index contributed by atoms with van der Waals surface area (Å²) in [7, 11) is -3.82. The van der Waals surface area contributed by atoms with Crippen molar-refractivity contribution in [3.05, 3.63) is 95.5 Å². The number of carbonyl (C=O) groups is 1. The fourth-order valence-corrected chi connectivity index (χ4v) is 5.54. The number of hydrogen-bond donors (Lipinski definition) is 1. The summed E-state index contributed by atoms with van der Waals surface area (Å²) in [5.41, 5.74) is 2.84. The SMILES string of the molecule is O=C(Nc1cc(Cl)ccc1-n1cncn1)c1cccc(S(=O)(=O)N2CCc3ccccc32)c1. The molecule has 0 spiro atoms. The minimum atomic E-state index is -3.82. The van der Waals surface area contributed by atoms with Crippen molar-refractivity contribution in [1.82, 2.24) is 14.8 Å². The molecule has 2 heterocycles. The third-order valence-corrected chi connectivity index (χ3v) is 7.45. The number of amides is 1. The Balaban J connectivity index is 1.45. The van der Waals surface area contributed by atoms with Gasteiger partial charge in [0.25, 0.3) is 15.9 Å². The zero-order valence-electron chi connectivity index (χ0n) is 17.2. The lowest BCUT2D eigenvalue weighted by Crippen LogP contribution is -2.29. The molecule has 0 radical (unpaired) electrons. The molecule has 3 aromatic carbocycles. The molecule has 1 aromatic heterocycles. The Hall–Kier alpha value is -3.69. The van der Waals surface area contributed by atoms with E-state index in [4.69, 9.17) is 11.6 Å². The second-order valence-electron chi connectivity index (χ2n) is 7.44. The van der Waals surface area contributed by atoms with Gasteiger partial charge >= 0.3 is 0 Å². The van der Waals surface area contributed by atoms with Gasteiger partial charge in [0.2, 0.25) is 0 Å². The predicted octanol–water partition coefficient (Wildman–Crippen LogP) is 3.92. The summed E-state index contributed by atoms with van der Waals surface area (Å²) in [5.74, 6) is -0.475. The summed E-state index contributed by atoms with van der Waals surface area (Å²) in [4.78, 5) is 17.0. The summed E-state index contributed by atoms with van der Waals surface area (Å²) >= 11 is 6.13. The van der Waals surface area contributed by atoms with Crippen LogP contribution in [0.3, 0.4) is 0 Å². The van der Waals surface area contributed by atoms with E-state index in [1.54, 1.807) is 36.4 Å². The van der Waals surface area contributed by atoms with Gasteiger partial charge in [-0.05, 0) is 54.4 Å². The summed E-state index contributed by atoms with van der Waals surface area (Å²) in [6.07, 6.45) is 3.53. The summed E-state index contributed by atoms with van der Waals surface area (Å²) in [5, 5.41) is 7.32. The van der Waals surface area contributed by atoms with Gasteiger partial charge in [0.05, 0.1) is 22.0 Å². The first-order valence-electron chi connectivity index (χ1n) is 10.1. The monoisotopic (exact) mass is 479 g/mol. The van der Waals surface area contributed by atoms with Gasteiger partial charge in [0.15, 0.2) is 0 Å². The van der Waals surface area contributed by atoms with Crippen molar-refractivity contribution in [2.45, 2.75) is 11.3 Å². The number of nitrogens with zero attached hydrogens (tertiary/aromatic N) is 4. The molecule has 0 bridgehead atoms.